The molecule has 0 spiro atoms. The van der Waals surface area contributed by atoms with Crippen LogP contribution in [0.4, 0.5) is 10.1 Å². The lowest BCUT2D eigenvalue weighted by Gasteiger charge is -2.33. The highest BCUT2D eigenvalue weighted by atomic mass is 35.5. The van der Waals surface area contributed by atoms with E-state index in [2.05, 4.69) is 0 Å². The zero-order valence-electron chi connectivity index (χ0n) is 10.2. The molecule has 1 aromatic carbocycles. The van der Waals surface area contributed by atoms with E-state index in [-0.39, 0.29) is 29.6 Å². The largest absolute Gasteiger partial charge is 0.391 e. The monoisotopic (exact) mass is 290 g/mol. The highest BCUT2D eigenvalue weighted by molar-refractivity contribution is 5.85. The Labute approximate surface area is 116 Å². The summed E-state index contributed by atoms with van der Waals surface area (Å²) in [5, 5.41) is 20.9. The van der Waals surface area contributed by atoms with Crippen molar-refractivity contribution in [3.63, 3.8) is 0 Å². The molecule has 0 bridgehead atoms. The van der Waals surface area contributed by atoms with E-state index < -0.39 is 22.9 Å². The molecular formula is C12H16ClFN2O3. The van der Waals surface area contributed by atoms with E-state index in [1.54, 1.807) is 0 Å². The van der Waals surface area contributed by atoms with Gasteiger partial charge in [0.05, 0.1) is 23.1 Å². The number of nitrogens with zero attached hydrogens (tertiary/aromatic N) is 1. The zero-order chi connectivity index (χ0) is 13.3. The fourth-order valence-corrected chi connectivity index (χ4v) is 2.22. The Hall–Kier alpha value is -1.24. The molecule has 1 aliphatic rings. The molecule has 1 aromatic rings. The molecule has 5 nitrogen and oxygen atoms in total. The fraction of sp³-hybridized carbons (Fsp3) is 0.500. The van der Waals surface area contributed by atoms with Crippen LogP contribution in [0.2, 0.25) is 0 Å². The average molecular weight is 291 g/mol. The maximum Gasteiger partial charge on any atom is 0.277 e. The third kappa shape index (κ3) is 3.20. The Morgan fingerprint density at radius 1 is 1.47 bits per heavy atom. The SMILES string of the molecule is Cl.N[C@H](c1ccc(F)cc1[N+](=O)[O-])[C@@H](O)C1CCC1. The Morgan fingerprint density at radius 2 is 2.11 bits per heavy atom. The molecule has 3 N–H and O–H groups in total. The number of nitro groups is 1. The summed E-state index contributed by atoms with van der Waals surface area (Å²) in [7, 11) is 0. The molecule has 0 saturated heterocycles. The minimum absolute atomic E-state index is 0. The van der Waals surface area contributed by atoms with Crippen molar-refractivity contribution >= 4 is 18.1 Å². The van der Waals surface area contributed by atoms with Crippen LogP contribution in [0, 0.1) is 21.8 Å². The van der Waals surface area contributed by atoms with Gasteiger partial charge in [0.25, 0.3) is 5.69 Å². The molecule has 0 radical (unpaired) electrons. The number of aliphatic hydroxyl groups excluding tert-OH is 1. The molecule has 0 aromatic heterocycles. The number of hydrogen-bond acceptors (Lipinski definition) is 4. The molecule has 2 atom stereocenters. The molecule has 1 saturated carbocycles. The van der Waals surface area contributed by atoms with Gasteiger partial charge in [0.15, 0.2) is 0 Å². The molecule has 0 amide bonds. The van der Waals surface area contributed by atoms with Crippen LogP contribution in [0.3, 0.4) is 0 Å². The van der Waals surface area contributed by atoms with Gasteiger partial charge < -0.3 is 10.8 Å². The van der Waals surface area contributed by atoms with Crippen molar-refractivity contribution in [2.75, 3.05) is 0 Å². The normalized spacial score (nSPS) is 18.1. The van der Waals surface area contributed by atoms with Gasteiger partial charge in [0.2, 0.25) is 0 Å². The van der Waals surface area contributed by atoms with Crippen molar-refractivity contribution in [2.45, 2.75) is 31.4 Å². The Morgan fingerprint density at radius 3 is 2.58 bits per heavy atom. The highest BCUT2D eigenvalue weighted by Gasteiger charge is 2.33. The molecule has 0 aliphatic heterocycles. The maximum atomic E-state index is 13.0. The molecule has 0 heterocycles. The third-order valence-corrected chi connectivity index (χ3v) is 3.55. The van der Waals surface area contributed by atoms with E-state index in [9.17, 15) is 19.6 Å². The topological polar surface area (TPSA) is 89.4 Å². The Kier molecular flexibility index (Phi) is 5.22. The summed E-state index contributed by atoms with van der Waals surface area (Å²) in [6.45, 7) is 0. The number of nitrogens with two attached hydrogens (primary N) is 1. The summed E-state index contributed by atoms with van der Waals surface area (Å²) in [6, 6.07) is 2.38. The first-order chi connectivity index (χ1) is 8.50. The summed E-state index contributed by atoms with van der Waals surface area (Å²) in [6.07, 6.45) is 1.98. The second-order valence-corrected chi connectivity index (χ2v) is 4.67. The lowest BCUT2D eigenvalue weighted by molar-refractivity contribution is -0.386. The van der Waals surface area contributed by atoms with Gasteiger partial charge in [-0.1, -0.05) is 6.42 Å². The standard InChI is InChI=1S/C12H15FN2O3.ClH/c13-8-4-5-9(10(6-8)15(17)18)11(14)12(16)7-2-1-3-7;/h4-7,11-12,16H,1-3,14H2;1H/t11-,12+;/m1./s1. The molecule has 1 aliphatic carbocycles. The van der Waals surface area contributed by atoms with E-state index in [4.69, 9.17) is 5.73 Å². The summed E-state index contributed by atoms with van der Waals surface area (Å²) in [4.78, 5) is 10.2. The van der Waals surface area contributed by atoms with Gasteiger partial charge in [-0.05, 0) is 30.9 Å². The molecule has 0 unspecified atom stereocenters. The molecule has 1 fully saturated rings. The maximum absolute atomic E-state index is 13.0. The Bertz CT molecular complexity index is 468. The van der Waals surface area contributed by atoms with Crippen LogP contribution >= 0.6 is 12.4 Å². The number of nitro benzene ring substituents is 1. The lowest BCUT2D eigenvalue weighted by atomic mass is 9.77. The number of aliphatic hydroxyl groups is 1. The van der Waals surface area contributed by atoms with Gasteiger partial charge in [-0.2, -0.15) is 0 Å². The second kappa shape index (κ2) is 6.27. The quantitative estimate of drug-likeness (QED) is 0.658. The van der Waals surface area contributed by atoms with Crippen LogP contribution in [0.25, 0.3) is 0 Å². The van der Waals surface area contributed by atoms with Crippen molar-refractivity contribution in [1.29, 1.82) is 0 Å². The minimum Gasteiger partial charge on any atom is -0.391 e. The van der Waals surface area contributed by atoms with E-state index >= 15 is 0 Å². The first-order valence-corrected chi connectivity index (χ1v) is 5.88. The van der Waals surface area contributed by atoms with Crippen LogP contribution in [0.15, 0.2) is 18.2 Å². The minimum atomic E-state index is -0.851. The zero-order valence-corrected chi connectivity index (χ0v) is 11.0. The van der Waals surface area contributed by atoms with Gasteiger partial charge in [0, 0.05) is 5.56 Å². The second-order valence-electron chi connectivity index (χ2n) is 4.67. The first kappa shape index (κ1) is 15.8. The van der Waals surface area contributed by atoms with Gasteiger partial charge in [-0.25, -0.2) is 4.39 Å². The van der Waals surface area contributed by atoms with Crippen LogP contribution in [-0.4, -0.2) is 16.1 Å². The summed E-state index contributed by atoms with van der Waals surface area (Å²) in [5.41, 5.74) is 5.67. The predicted molar refractivity (Wildman–Crippen MR) is 70.6 cm³/mol. The Balaban J connectivity index is 0.00000180. The van der Waals surface area contributed by atoms with Gasteiger partial charge in [0.1, 0.15) is 5.82 Å². The number of hydrogen-bond donors (Lipinski definition) is 2. The highest BCUT2D eigenvalue weighted by Crippen LogP contribution is 2.36. The summed E-state index contributed by atoms with van der Waals surface area (Å²) < 4.78 is 13.0. The van der Waals surface area contributed by atoms with Crippen molar-refractivity contribution in [3.8, 4) is 0 Å². The van der Waals surface area contributed by atoms with Crippen LogP contribution in [0.5, 0.6) is 0 Å². The number of rotatable bonds is 4. The molecule has 19 heavy (non-hydrogen) atoms. The van der Waals surface area contributed by atoms with E-state index in [1.807, 2.05) is 0 Å². The fourth-order valence-electron chi connectivity index (χ4n) is 2.22. The average Bonchev–Trinajstić information content (AvgIpc) is 2.25. The molecular weight excluding hydrogens is 275 g/mol. The van der Waals surface area contributed by atoms with Crippen molar-refractivity contribution in [2.24, 2.45) is 11.7 Å². The molecule has 106 valence electrons. The predicted octanol–water partition coefficient (Wildman–Crippen LogP) is 2.32. The van der Waals surface area contributed by atoms with E-state index in [1.165, 1.54) is 6.07 Å². The van der Waals surface area contributed by atoms with Crippen LogP contribution in [-0.2, 0) is 0 Å². The van der Waals surface area contributed by atoms with Crippen LogP contribution in [0.1, 0.15) is 30.9 Å². The van der Waals surface area contributed by atoms with E-state index in [0.29, 0.717) is 0 Å². The third-order valence-electron chi connectivity index (χ3n) is 3.55. The number of halogens is 2. The lowest BCUT2D eigenvalue weighted by Crippen LogP contribution is -2.36. The first-order valence-electron chi connectivity index (χ1n) is 5.88. The summed E-state index contributed by atoms with van der Waals surface area (Å²) >= 11 is 0. The van der Waals surface area contributed by atoms with Gasteiger partial charge in [-0.3, -0.25) is 10.1 Å². The smallest absolute Gasteiger partial charge is 0.277 e. The molecule has 7 heteroatoms. The van der Waals surface area contributed by atoms with Crippen molar-refractivity contribution in [3.05, 3.63) is 39.7 Å². The number of benzene rings is 1. The van der Waals surface area contributed by atoms with Gasteiger partial charge in [-0.15, -0.1) is 12.4 Å². The van der Waals surface area contributed by atoms with E-state index in [0.717, 1.165) is 31.4 Å². The van der Waals surface area contributed by atoms with Crippen LogP contribution < -0.4 is 5.73 Å². The summed E-state index contributed by atoms with van der Waals surface area (Å²) in [5.74, 6) is -0.597. The van der Waals surface area contributed by atoms with Crippen molar-refractivity contribution < 1.29 is 14.4 Å². The molecule has 2 rings (SSSR count). The van der Waals surface area contributed by atoms with Crippen molar-refractivity contribution in [1.82, 2.24) is 0 Å². The van der Waals surface area contributed by atoms with Gasteiger partial charge >= 0.3 is 0 Å².